The Morgan fingerprint density at radius 1 is 1.07 bits per heavy atom. The molecule has 0 aliphatic carbocycles. The average molecular weight is 375 g/mol. The summed E-state index contributed by atoms with van der Waals surface area (Å²) in [6, 6.07) is 16.4. The van der Waals surface area contributed by atoms with Gasteiger partial charge in [0, 0.05) is 16.9 Å². The third-order valence-electron chi connectivity index (χ3n) is 4.18. The van der Waals surface area contributed by atoms with E-state index < -0.39 is 11.9 Å². The van der Waals surface area contributed by atoms with Crippen LogP contribution in [0.3, 0.4) is 0 Å². The molecule has 0 spiro atoms. The summed E-state index contributed by atoms with van der Waals surface area (Å²) in [6.45, 7) is 3.57. The van der Waals surface area contributed by atoms with E-state index in [1.165, 1.54) is 0 Å². The maximum absolute atomic E-state index is 12.8. The summed E-state index contributed by atoms with van der Waals surface area (Å²) >= 11 is 0. The minimum Gasteiger partial charge on any atom is -0.370 e. The standard InChI is InChI=1S/C21H21N5O2/c1-12(2)19(27)25-16-10-6-9-15-18(16)14(20(28)26-21(22)23)11-17(24-15)13-7-4-3-5-8-13/h3-12H,1-2H3,(H,25,27)(H4,22,23,26,28). The van der Waals surface area contributed by atoms with Gasteiger partial charge in [-0.15, -0.1) is 0 Å². The van der Waals surface area contributed by atoms with Crippen molar-refractivity contribution in [3.8, 4) is 11.3 Å². The van der Waals surface area contributed by atoms with Crippen LogP contribution in [-0.4, -0.2) is 22.8 Å². The van der Waals surface area contributed by atoms with Crippen LogP contribution in [0.4, 0.5) is 5.69 Å². The Morgan fingerprint density at radius 3 is 2.43 bits per heavy atom. The smallest absolute Gasteiger partial charge is 0.258 e. The molecule has 2 amide bonds. The van der Waals surface area contributed by atoms with Gasteiger partial charge in [0.05, 0.1) is 22.5 Å². The highest BCUT2D eigenvalue weighted by Gasteiger charge is 2.19. The number of carbonyl (C=O) groups is 2. The number of amides is 2. The fourth-order valence-corrected chi connectivity index (χ4v) is 2.79. The number of hydrogen-bond acceptors (Lipinski definition) is 4. The zero-order valence-corrected chi connectivity index (χ0v) is 15.6. The second-order valence-electron chi connectivity index (χ2n) is 6.63. The van der Waals surface area contributed by atoms with Gasteiger partial charge in [0.25, 0.3) is 5.91 Å². The first-order valence-electron chi connectivity index (χ1n) is 8.82. The maximum atomic E-state index is 12.8. The summed E-state index contributed by atoms with van der Waals surface area (Å²) in [6.07, 6.45) is 0. The number of anilines is 1. The van der Waals surface area contributed by atoms with Crippen LogP contribution in [0.15, 0.2) is 54.6 Å². The number of pyridine rings is 1. The van der Waals surface area contributed by atoms with Crippen molar-refractivity contribution in [3.63, 3.8) is 0 Å². The zero-order chi connectivity index (χ0) is 20.3. The van der Waals surface area contributed by atoms with E-state index in [4.69, 9.17) is 11.1 Å². The van der Waals surface area contributed by atoms with Gasteiger partial charge < -0.3 is 11.1 Å². The molecule has 0 atom stereocenters. The Morgan fingerprint density at radius 2 is 1.79 bits per heavy atom. The minimum atomic E-state index is -0.539. The van der Waals surface area contributed by atoms with Gasteiger partial charge in [-0.1, -0.05) is 50.2 Å². The summed E-state index contributed by atoms with van der Waals surface area (Å²) in [5, 5.41) is 13.0. The number of hydrogen-bond donors (Lipinski definition) is 4. The van der Waals surface area contributed by atoms with Crippen LogP contribution in [-0.2, 0) is 4.79 Å². The summed E-state index contributed by atoms with van der Waals surface area (Å²) in [5.74, 6) is -1.39. The molecule has 0 aliphatic heterocycles. The minimum absolute atomic E-state index is 0.169. The molecule has 0 aliphatic rings. The van der Waals surface area contributed by atoms with Crippen molar-refractivity contribution in [3.05, 3.63) is 60.2 Å². The Labute approximate surface area is 162 Å². The third kappa shape index (κ3) is 3.98. The molecule has 3 aromatic rings. The lowest BCUT2D eigenvalue weighted by atomic mass is 10.0. The van der Waals surface area contributed by atoms with Crippen molar-refractivity contribution >= 4 is 34.4 Å². The lowest BCUT2D eigenvalue weighted by Crippen LogP contribution is -2.36. The number of guanidine groups is 1. The van der Waals surface area contributed by atoms with Crippen molar-refractivity contribution in [2.45, 2.75) is 13.8 Å². The van der Waals surface area contributed by atoms with Crippen LogP contribution in [0, 0.1) is 11.3 Å². The first-order valence-corrected chi connectivity index (χ1v) is 8.82. The monoisotopic (exact) mass is 375 g/mol. The SMILES string of the molecule is CC(C)C(=O)Nc1cccc2nc(-c3ccccc3)cc(C(=O)NC(=N)N)c12. The van der Waals surface area contributed by atoms with E-state index in [2.05, 4.69) is 15.6 Å². The summed E-state index contributed by atoms with van der Waals surface area (Å²) in [7, 11) is 0. The molecular formula is C21H21N5O2. The van der Waals surface area contributed by atoms with Crippen molar-refractivity contribution in [2.24, 2.45) is 11.7 Å². The molecule has 1 heterocycles. The van der Waals surface area contributed by atoms with E-state index in [9.17, 15) is 9.59 Å². The number of carbonyl (C=O) groups excluding carboxylic acids is 2. The van der Waals surface area contributed by atoms with Crippen LogP contribution >= 0.6 is 0 Å². The highest BCUT2D eigenvalue weighted by atomic mass is 16.2. The first kappa shape index (κ1) is 19.0. The largest absolute Gasteiger partial charge is 0.370 e. The number of rotatable bonds is 4. The molecular weight excluding hydrogens is 354 g/mol. The van der Waals surface area contributed by atoms with E-state index in [0.717, 1.165) is 5.56 Å². The number of aromatic nitrogens is 1. The van der Waals surface area contributed by atoms with Gasteiger partial charge in [0.2, 0.25) is 5.91 Å². The van der Waals surface area contributed by atoms with E-state index in [1.54, 1.807) is 38.1 Å². The molecule has 5 N–H and O–H groups in total. The van der Waals surface area contributed by atoms with E-state index in [0.29, 0.717) is 22.3 Å². The van der Waals surface area contributed by atoms with Gasteiger partial charge in [0.1, 0.15) is 0 Å². The number of nitrogens with zero attached hydrogens (tertiary/aromatic N) is 1. The van der Waals surface area contributed by atoms with Crippen LogP contribution in [0.1, 0.15) is 24.2 Å². The Hall–Kier alpha value is -3.74. The maximum Gasteiger partial charge on any atom is 0.258 e. The van der Waals surface area contributed by atoms with Gasteiger partial charge in [0.15, 0.2) is 5.96 Å². The van der Waals surface area contributed by atoms with Gasteiger partial charge in [-0.05, 0) is 18.2 Å². The molecule has 142 valence electrons. The molecule has 7 heteroatoms. The topological polar surface area (TPSA) is 121 Å². The quantitative estimate of drug-likeness (QED) is 0.413. The molecule has 0 unspecified atom stereocenters. The summed E-state index contributed by atoms with van der Waals surface area (Å²) < 4.78 is 0. The predicted octanol–water partition coefficient (Wildman–Crippen LogP) is 3.12. The van der Waals surface area contributed by atoms with Gasteiger partial charge in [-0.3, -0.25) is 20.3 Å². The molecule has 0 radical (unpaired) electrons. The predicted molar refractivity (Wildman–Crippen MR) is 110 cm³/mol. The molecule has 0 saturated heterocycles. The average Bonchev–Trinajstić information content (AvgIpc) is 2.67. The number of benzene rings is 2. The van der Waals surface area contributed by atoms with Crippen molar-refractivity contribution in [1.82, 2.24) is 10.3 Å². The molecule has 0 fully saturated rings. The highest BCUT2D eigenvalue weighted by Crippen LogP contribution is 2.30. The van der Waals surface area contributed by atoms with Gasteiger partial charge in [-0.25, -0.2) is 4.98 Å². The summed E-state index contributed by atoms with van der Waals surface area (Å²) in [4.78, 5) is 29.6. The lowest BCUT2D eigenvalue weighted by Gasteiger charge is -2.15. The number of fused-ring (bicyclic) bond motifs is 1. The molecule has 1 aromatic heterocycles. The molecule has 28 heavy (non-hydrogen) atoms. The van der Waals surface area contributed by atoms with Gasteiger partial charge >= 0.3 is 0 Å². The molecule has 0 saturated carbocycles. The third-order valence-corrected chi connectivity index (χ3v) is 4.18. The van der Waals surface area contributed by atoms with E-state index in [-0.39, 0.29) is 17.4 Å². The van der Waals surface area contributed by atoms with E-state index in [1.807, 2.05) is 30.3 Å². The van der Waals surface area contributed by atoms with Crippen molar-refractivity contribution < 1.29 is 9.59 Å². The normalized spacial score (nSPS) is 10.7. The molecule has 0 bridgehead atoms. The second-order valence-corrected chi connectivity index (χ2v) is 6.63. The fraction of sp³-hybridized carbons (Fsp3) is 0.143. The first-order chi connectivity index (χ1) is 13.4. The number of nitrogens with one attached hydrogen (secondary N) is 3. The van der Waals surface area contributed by atoms with Crippen LogP contribution in [0.2, 0.25) is 0 Å². The van der Waals surface area contributed by atoms with Crippen LogP contribution in [0.25, 0.3) is 22.2 Å². The molecule has 7 nitrogen and oxygen atoms in total. The Kier molecular flexibility index (Phi) is 5.35. The Balaban J connectivity index is 2.24. The molecule has 3 rings (SSSR count). The Bertz CT molecular complexity index is 1060. The van der Waals surface area contributed by atoms with Crippen LogP contribution in [0.5, 0.6) is 0 Å². The fourth-order valence-electron chi connectivity index (χ4n) is 2.79. The summed E-state index contributed by atoms with van der Waals surface area (Å²) in [5.41, 5.74) is 8.11. The zero-order valence-electron chi connectivity index (χ0n) is 15.6. The molecule has 2 aromatic carbocycles. The van der Waals surface area contributed by atoms with Crippen molar-refractivity contribution in [2.75, 3.05) is 5.32 Å². The highest BCUT2D eigenvalue weighted by molar-refractivity contribution is 6.16. The number of nitrogens with two attached hydrogens (primary N) is 1. The van der Waals surface area contributed by atoms with Crippen molar-refractivity contribution in [1.29, 1.82) is 5.41 Å². The lowest BCUT2D eigenvalue weighted by molar-refractivity contribution is -0.118. The van der Waals surface area contributed by atoms with Crippen LogP contribution < -0.4 is 16.4 Å². The van der Waals surface area contributed by atoms with E-state index >= 15 is 0 Å². The second kappa shape index (κ2) is 7.87. The van der Waals surface area contributed by atoms with Gasteiger partial charge in [-0.2, -0.15) is 0 Å².